The van der Waals surface area contributed by atoms with Crippen molar-refractivity contribution in [2.24, 2.45) is 16.1 Å². The molecule has 2 aromatic rings. The molecule has 0 unspecified atom stereocenters. The van der Waals surface area contributed by atoms with Crippen LogP contribution in [0.25, 0.3) is 0 Å². The van der Waals surface area contributed by atoms with Crippen LogP contribution >= 0.6 is 11.8 Å². The number of nitrogens with one attached hydrogen (secondary N) is 1. The van der Waals surface area contributed by atoms with Gasteiger partial charge in [0, 0.05) is 22.4 Å². The predicted octanol–water partition coefficient (Wildman–Crippen LogP) is 2.17. The third kappa shape index (κ3) is 3.32. The molecule has 0 aliphatic carbocycles. The summed E-state index contributed by atoms with van der Waals surface area (Å²) in [6.45, 7) is 2.69. The van der Waals surface area contributed by atoms with Crippen LogP contribution in [0.15, 0.2) is 35.6 Å². The third-order valence-electron chi connectivity index (χ3n) is 5.31. The first-order valence-corrected chi connectivity index (χ1v) is 9.89. The summed E-state index contributed by atoms with van der Waals surface area (Å²) in [7, 11) is 1.46. The summed E-state index contributed by atoms with van der Waals surface area (Å²) in [5.74, 6) is 0.0749. The lowest BCUT2D eigenvalue weighted by Gasteiger charge is -2.42. The fourth-order valence-corrected chi connectivity index (χ4v) is 4.63. The zero-order valence-electron chi connectivity index (χ0n) is 15.9. The molecule has 152 valence electrons. The summed E-state index contributed by atoms with van der Waals surface area (Å²) < 4.78 is 25.6. The van der Waals surface area contributed by atoms with Gasteiger partial charge in [-0.25, -0.2) is 19.4 Å². The standard InChI is InChI=1S/C19H20FN5O3S/c1-18-8-28-9-19(18,25-17(21)29-10-18)12-5-11(3-4-13(12)20)24-16(26)14-6-23-15(27-2)7-22-14/h3-7H,8-10H2,1-2H3,(H2,21,25)(H,24,26)/t18-,19+/m0/s1. The van der Waals surface area contributed by atoms with E-state index >= 15 is 0 Å². The van der Waals surface area contributed by atoms with Gasteiger partial charge in [0.15, 0.2) is 5.17 Å². The van der Waals surface area contributed by atoms with Gasteiger partial charge in [-0.2, -0.15) is 0 Å². The highest BCUT2D eigenvalue weighted by Gasteiger charge is 2.57. The van der Waals surface area contributed by atoms with Crippen molar-refractivity contribution in [3.8, 4) is 5.88 Å². The summed E-state index contributed by atoms with van der Waals surface area (Å²) >= 11 is 1.44. The van der Waals surface area contributed by atoms with E-state index in [0.717, 1.165) is 0 Å². The number of nitrogens with zero attached hydrogens (tertiary/aromatic N) is 3. The van der Waals surface area contributed by atoms with Crippen molar-refractivity contribution < 1.29 is 18.7 Å². The number of amides is 1. The Balaban J connectivity index is 1.67. The number of carbonyl (C=O) groups excluding carboxylic acids is 1. The maximum atomic E-state index is 14.9. The van der Waals surface area contributed by atoms with Crippen LogP contribution in [0.4, 0.5) is 10.1 Å². The number of nitrogens with two attached hydrogens (primary N) is 1. The second-order valence-corrected chi connectivity index (χ2v) is 8.24. The van der Waals surface area contributed by atoms with Gasteiger partial charge in [-0.15, -0.1) is 0 Å². The molecule has 3 heterocycles. The van der Waals surface area contributed by atoms with E-state index in [1.807, 2.05) is 6.92 Å². The quantitative estimate of drug-likeness (QED) is 0.784. The van der Waals surface area contributed by atoms with E-state index in [-0.39, 0.29) is 12.3 Å². The first kappa shape index (κ1) is 19.6. The Hall–Kier alpha value is -2.72. The van der Waals surface area contributed by atoms with Gasteiger partial charge in [0.1, 0.15) is 17.1 Å². The van der Waals surface area contributed by atoms with E-state index in [0.29, 0.717) is 34.7 Å². The fraction of sp³-hybridized carbons (Fsp3) is 0.368. The number of benzene rings is 1. The highest BCUT2D eigenvalue weighted by atomic mass is 32.2. The molecular formula is C19H20FN5O3S. The molecule has 1 aromatic heterocycles. The van der Waals surface area contributed by atoms with Crippen molar-refractivity contribution in [3.05, 3.63) is 47.7 Å². The lowest BCUT2D eigenvalue weighted by atomic mass is 9.70. The first-order valence-electron chi connectivity index (χ1n) is 8.90. The van der Waals surface area contributed by atoms with Crippen molar-refractivity contribution >= 4 is 28.5 Å². The Morgan fingerprint density at radius 2 is 2.17 bits per heavy atom. The Labute approximate surface area is 171 Å². The van der Waals surface area contributed by atoms with Crippen LogP contribution in [0, 0.1) is 11.2 Å². The molecule has 4 rings (SSSR count). The van der Waals surface area contributed by atoms with E-state index in [2.05, 4.69) is 20.3 Å². The van der Waals surface area contributed by atoms with Crippen molar-refractivity contribution in [1.82, 2.24) is 9.97 Å². The number of amidine groups is 1. The Morgan fingerprint density at radius 1 is 1.34 bits per heavy atom. The second-order valence-electron chi connectivity index (χ2n) is 7.25. The van der Waals surface area contributed by atoms with Gasteiger partial charge in [-0.1, -0.05) is 18.7 Å². The SMILES string of the molecule is COc1cnc(C(=O)Nc2ccc(F)c([C@]34COC[C@@]3(C)CSC(N)=N4)c2)cn1. The van der Waals surface area contributed by atoms with Crippen molar-refractivity contribution in [2.45, 2.75) is 12.5 Å². The van der Waals surface area contributed by atoms with Gasteiger partial charge in [0.05, 0.1) is 32.7 Å². The molecule has 8 nitrogen and oxygen atoms in total. The number of hydrogen-bond acceptors (Lipinski definition) is 8. The molecule has 1 fully saturated rings. The molecule has 0 bridgehead atoms. The van der Waals surface area contributed by atoms with E-state index < -0.39 is 22.7 Å². The smallest absolute Gasteiger partial charge is 0.275 e. The summed E-state index contributed by atoms with van der Waals surface area (Å²) in [5.41, 5.74) is 5.51. The number of hydrogen-bond donors (Lipinski definition) is 2. The summed E-state index contributed by atoms with van der Waals surface area (Å²) in [4.78, 5) is 25.1. The highest BCUT2D eigenvalue weighted by Crippen LogP contribution is 2.53. The van der Waals surface area contributed by atoms with Gasteiger partial charge < -0.3 is 20.5 Å². The van der Waals surface area contributed by atoms with Gasteiger partial charge in [-0.05, 0) is 18.2 Å². The summed E-state index contributed by atoms with van der Waals surface area (Å²) in [6, 6.07) is 4.39. The maximum Gasteiger partial charge on any atom is 0.275 e. The average Bonchev–Trinajstić information content (AvgIpc) is 3.06. The van der Waals surface area contributed by atoms with E-state index in [1.54, 1.807) is 6.07 Å². The van der Waals surface area contributed by atoms with Gasteiger partial charge in [0.2, 0.25) is 5.88 Å². The van der Waals surface area contributed by atoms with Crippen LogP contribution in [0.5, 0.6) is 5.88 Å². The number of anilines is 1. The minimum absolute atomic E-state index is 0.111. The number of aromatic nitrogens is 2. The molecule has 0 radical (unpaired) electrons. The Kier molecular flexibility index (Phi) is 4.91. The average molecular weight is 417 g/mol. The molecule has 1 aromatic carbocycles. The Bertz CT molecular complexity index is 986. The van der Waals surface area contributed by atoms with Gasteiger partial charge in [0.25, 0.3) is 5.91 Å². The number of rotatable bonds is 4. The zero-order chi connectivity index (χ0) is 20.6. The monoisotopic (exact) mass is 417 g/mol. The highest BCUT2D eigenvalue weighted by molar-refractivity contribution is 8.13. The molecule has 0 spiro atoms. The number of carbonyl (C=O) groups is 1. The lowest BCUT2D eigenvalue weighted by molar-refractivity contribution is 0.102. The number of aliphatic imine (C=N–C) groups is 1. The number of methoxy groups -OCH3 is 1. The minimum Gasteiger partial charge on any atom is -0.480 e. The van der Waals surface area contributed by atoms with Crippen molar-refractivity contribution in [2.75, 3.05) is 31.4 Å². The van der Waals surface area contributed by atoms with Gasteiger partial charge in [-0.3, -0.25) is 4.79 Å². The fourth-order valence-electron chi connectivity index (χ4n) is 3.62. The number of ether oxygens (including phenoxy) is 2. The molecule has 10 heteroatoms. The topological polar surface area (TPSA) is 112 Å². The molecule has 3 N–H and O–H groups in total. The maximum absolute atomic E-state index is 14.9. The van der Waals surface area contributed by atoms with Crippen molar-refractivity contribution in [3.63, 3.8) is 0 Å². The van der Waals surface area contributed by atoms with Crippen LogP contribution in [0.2, 0.25) is 0 Å². The summed E-state index contributed by atoms with van der Waals surface area (Å²) in [6.07, 6.45) is 2.66. The van der Waals surface area contributed by atoms with Crippen LogP contribution in [-0.4, -0.2) is 47.1 Å². The van der Waals surface area contributed by atoms with Crippen molar-refractivity contribution in [1.29, 1.82) is 0 Å². The van der Waals surface area contributed by atoms with E-state index in [9.17, 15) is 9.18 Å². The zero-order valence-corrected chi connectivity index (χ0v) is 16.8. The molecular weight excluding hydrogens is 397 g/mol. The van der Waals surface area contributed by atoms with E-state index in [4.69, 9.17) is 15.2 Å². The van der Waals surface area contributed by atoms with Crippen LogP contribution in [0.1, 0.15) is 23.0 Å². The van der Waals surface area contributed by atoms with Crippen LogP contribution in [-0.2, 0) is 10.3 Å². The first-order chi connectivity index (χ1) is 13.9. The minimum atomic E-state index is -0.937. The normalized spacial score (nSPS) is 25.8. The second kappa shape index (κ2) is 7.27. The number of fused-ring (bicyclic) bond motifs is 1. The van der Waals surface area contributed by atoms with Gasteiger partial charge >= 0.3 is 0 Å². The number of halogens is 1. The largest absolute Gasteiger partial charge is 0.480 e. The summed E-state index contributed by atoms with van der Waals surface area (Å²) in [5, 5.41) is 3.13. The van der Waals surface area contributed by atoms with Crippen LogP contribution < -0.4 is 15.8 Å². The molecule has 29 heavy (non-hydrogen) atoms. The van der Waals surface area contributed by atoms with E-state index in [1.165, 1.54) is 43.4 Å². The van der Waals surface area contributed by atoms with Crippen LogP contribution in [0.3, 0.4) is 0 Å². The molecule has 2 aliphatic heterocycles. The molecule has 0 saturated carbocycles. The molecule has 1 amide bonds. The predicted molar refractivity (Wildman–Crippen MR) is 108 cm³/mol. The lowest BCUT2D eigenvalue weighted by Crippen LogP contribution is -2.48. The third-order valence-corrected chi connectivity index (χ3v) is 6.48. The molecule has 2 atom stereocenters. The molecule has 1 saturated heterocycles. The Morgan fingerprint density at radius 3 is 2.90 bits per heavy atom. The number of thioether (sulfide) groups is 1. The molecule has 2 aliphatic rings.